The lowest BCUT2D eigenvalue weighted by atomic mass is 9.81. The summed E-state index contributed by atoms with van der Waals surface area (Å²) in [6.45, 7) is 9.67. The second-order valence-corrected chi connectivity index (χ2v) is 9.20. The van der Waals surface area contributed by atoms with E-state index in [1.807, 2.05) is 37.4 Å². The molecule has 0 aliphatic carbocycles. The highest BCUT2D eigenvalue weighted by Gasteiger charge is 2.35. The van der Waals surface area contributed by atoms with Gasteiger partial charge in [-0.1, -0.05) is 25.6 Å². The van der Waals surface area contributed by atoms with Crippen molar-refractivity contribution in [2.75, 3.05) is 20.1 Å². The van der Waals surface area contributed by atoms with Crippen LogP contribution in [0.3, 0.4) is 0 Å². The minimum absolute atomic E-state index is 0.0103. The Kier molecular flexibility index (Phi) is 6.13. The number of aliphatic imine (C=N–C) groups is 2. The van der Waals surface area contributed by atoms with E-state index < -0.39 is 0 Å². The highest BCUT2D eigenvalue weighted by Crippen LogP contribution is 2.39. The zero-order valence-corrected chi connectivity index (χ0v) is 19.1. The number of carbonyl (C=O) groups excluding carboxylic acids is 1. The van der Waals surface area contributed by atoms with E-state index in [-0.39, 0.29) is 22.9 Å². The van der Waals surface area contributed by atoms with Crippen LogP contribution in [-0.2, 0) is 0 Å². The molecule has 168 valence electrons. The Morgan fingerprint density at radius 2 is 2.16 bits per heavy atom. The van der Waals surface area contributed by atoms with Crippen LogP contribution in [0.5, 0.6) is 0 Å². The van der Waals surface area contributed by atoms with Crippen molar-refractivity contribution in [1.82, 2.24) is 9.80 Å². The van der Waals surface area contributed by atoms with E-state index in [0.717, 1.165) is 55.1 Å². The molecule has 4 rings (SSSR count). The number of likely N-dealkylation sites (tertiary alicyclic amines) is 1. The molecule has 2 unspecified atom stereocenters. The Morgan fingerprint density at radius 1 is 1.34 bits per heavy atom. The number of hydrogen-bond acceptors (Lipinski definition) is 5. The molecule has 32 heavy (non-hydrogen) atoms. The number of ketones is 1. The van der Waals surface area contributed by atoms with Gasteiger partial charge in [0.25, 0.3) is 0 Å². The molecule has 2 atom stereocenters. The van der Waals surface area contributed by atoms with Gasteiger partial charge in [0.15, 0.2) is 5.78 Å². The van der Waals surface area contributed by atoms with Crippen molar-refractivity contribution in [3.8, 4) is 0 Å². The standard InChI is InChI=1S/C26H31FN4O/c1-18-8-9-21(27)16-22(18)24(32)20-7-5-14-31(17-20)25-29-23(15-19(2)30(25)4)26(3)10-6-12-28-13-11-26/h8-9,11-13,15-16,20H,2,5-7,10,14,17H2,1,3-4H3. The molecule has 1 aromatic rings. The van der Waals surface area contributed by atoms with Crippen LogP contribution in [0.1, 0.15) is 48.5 Å². The first-order valence-corrected chi connectivity index (χ1v) is 11.3. The summed E-state index contributed by atoms with van der Waals surface area (Å²) in [7, 11) is 1.96. The fraction of sp³-hybridized carbons (Fsp3) is 0.423. The number of nitrogens with zero attached hydrogens (tertiary/aromatic N) is 4. The van der Waals surface area contributed by atoms with Crippen molar-refractivity contribution in [3.63, 3.8) is 0 Å². The van der Waals surface area contributed by atoms with Gasteiger partial charge >= 0.3 is 0 Å². The topological polar surface area (TPSA) is 48.3 Å². The number of Topliss-reactive ketones (excluding diaryl/α,β-unsaturated/α-hetero) is 1. The maximum Gasteiger partial charge on any atom is 0.205 e. The van der Waals surface area contributed by atoms with Crippen LogP contribution >= 0.6 is 0 Å². The SMILES string of the molecule is C=C1C=C(C2(C)C=CN=CCC2)N=C(N2CCCC(C(=O)c3cc(F)ccc3C)C2)N1C. The van der Waals surface area contributed by atoms with E-state index in [1.54, 1.807) is 6.07 Å². The Morgan fingerprint density at radius 3 is 2.97 bits per heavy atom. The molecule has 3 aliphatic rings. The molecular formula is C26H31FN4O. The van der Waals surface area contributed by atoms with Crippen molar-refractivity contribution in [2.24, 2.45) is 21.3 Å². The summed E-state index contributed by atoms with van der Waals surface area (Å²) in [5.41, 5.74) is 2.91. The van der Waals surface area contributed by atoms with Crippen LogP contribution in [0, 0.1) is 24.1 Å². The monoisotopic (exact) mass is 434 g/mol. The van der Waals surface area contributed by atoms with Gasteiger partial charge < -0.3 is 9.80 Å². The molecule has 1 saturated heterocycles. The third-order valence-corrected chi connectivity index (χ3v) is 6.81. The van der Waals surface area contributed by atoms with E-state index in [4.69, 9.17) is 4.99 Å². The second-order valence-electron chi connectivity index (χ2n) is 9.20. The van der Waals surface area contributed by atoms with E-state index in [0.29, 0.717) is 12.1 Å². The third kappa shape index (κ3) is 4.31. The number of hydrogen-bond donors (Lipinski definition) is 0. The first-order valence-electron chi connectivity index (χ1n) is 11.3. The van der Waals surface area contributed by atoms with E-state index >= 15 is 0 Å². The molecular weight excluding hydrogens is 403 g/mol. The summed E-state index contributed by atoms with van der Waals surface area (Å²) >= 11 is 0. The number of guanidine groups is 1. The normalized spacial score (nSPS) is 26.0. The Hall–Kier alpha value is -3.02. The molecule has 0 aromatic heterocycles. The quantitative estimate of drug-likeness (QED) is 0.621. The number of rotatable bonds is 3. The Balaban J connectivity index is 1.59. The molecule has 0 saturated carbocycles. The van der Waals surface area contributed by atoms with Crippen molar-refractivity contribution in [3.05, 3.63) is 71.5 Å². The van der Waals surface area contributed by atoms with Gasteiger partial charge in [-0.25, -0.2) is 9.38 Å². The van der Waals surface area contributed by atoms with Gasteiger partial charge in [0.1, 0.15) is 5.82 Å². The first kappa shape index (κ1) is 22.2. The minimum Gasteiger partial charge on any atom is -0.342 e. The summed E-state index contributed by atoms with van der Waals surface area (Å²) in [5, 5.41) is 0. The molecule has 1 fully saturated rings. The van der Waals surface area contributed by atoms with Gasteiger partial charge in [-0.15, -0.1) is 0 Å². The third-order valence-electron chi connectivity index (χ3n) is 6.81. The van der Waals surface area contributed by atoms with E-state index in [1.165, 1.54) is 12.1 Å². The summed E-state index contributed by atoms with van der Waals surface area (Å²) in [6.07, 6.45) is 11.4. The minimum atomic E-state index is -0.372. The smallest absolute Gasteiger partial charge is 0.205 e. The second kappa shape index (κ2) is 8.85. The lowest BCUT2D eigenvalue weighted by Gasteiger charge is -2.41. The average Bonchev–Trinajstić information content (AvgIpc) is 3.02. The number of likely N-dealkylation sites (N-methyl/N-ethyl adjacent to an activating group) is 1. The van der Waals surface area contributed by atoms with Gasteiger partial charge in [0.2, 0.25) is 5.96 Å². The van der Waals surface area contributed by atoms with Gasteiger partial charge in [0.05, 0.1) is 5.70 Å². The van der Waals surface area contributed by atoms with Crippen molar-refractivity contribution >= 4 is 18.0 Å². The maximum absolute atomic E-state index is 13.8. The number of piperidine rings is 1. The molecule has 3 aliphatic heterocycles. The molecule has 6 heteroatoms. The zero-order chi connectivity index (χ0) is 22.9. The fourth-order valence-corrected chi connectivity index (χ4v) is 4.63. The van der Waals surface area contributed by atoms with Gasteiger partial charge in [-0.05, 0) is 56.4 Å². The molecule has 0 N–H and O–H groups in total. The van der Waals surface area contributed by atoms with E-state index in [2.05, 4.69) is 29.5 Å². The largest absolute Gasteiger partial charge is 0.342 e. The van der Waals surface area contributed by atoms with Crippen LogP contribution in [0.4, 0.5) is 4.39 Å². The molecule has 0 bridgehead atoms. The molecule has 0 radical (unpaired) electrons. The number of benzene rings is 1. The molecule has 0 spiro atoms. The number of aryl methyl sites for hydroxylation is 1. The summed E-state index contributed by atoms with van der Waals surface area (Å²) < 4.78 is 13.8. The van der Waals surface area contributed by atoms with Crippen LogP contribution in [-0.4, -0.2) is 47.9 Å². The van der Waals surface area contributed by atoms with Crippen LogP contribution < -0.4 is 0 Å². The van der Waals surface area contributed by atoms with Crippen molar-refractivity contribution < 1.29 is 9.18 Å². The predicted molar refractivity (Wildman–Crippen MR) is 127 cm³/mol. The van der Waals surface area contributed by atoms with Crippen molar-refractivity contribution in [2.45, 2.75) is 39.5 Å². The summed E-state index contributed by atoms with van der Waals surface area (Å²) in [5.74, 6) is 0.268. The summed E-state index contributed by atoms with van der Waals surface area (Å²) in [4.78, 5) is 26.8. The number of carbonyl (C=O) groups is 1. The van der Waals surface area contributed by atoms with Gasteiger partial charge in [-0.3, -0.25) is 9.79 Å². The average molecular weight is 435 g/mol. The van der Waals surface area contributed by atoms with Gasteiger partial charge in [-0.2, -0.15) is 0 Å². The van der Waals surface area contributed by atoms with E-state index in [9.17, 15) is 9.18 Å². The maximum atomic E-state index is 13.8. The van der Waals surface area contributed by atoms with Gasteiger partial charge in [0, 0.05) is 55.1 Å². The Labute approximate surface area is 189 Å². The first-order chi connectivity index (χ1) is 15.3. The van der Waals surface area contributed by atoms with Crippen LogP contribution in [0.2, 0.25) is 0 Å². The lowest BCUT2D eigenvalue weighted by Crippen LogP contribution is -2.49. The summed E-state index contributed by atoms with van der Waals surface area (Å²) in [6, 6.07) is 4.44. The molecule has 0 amide bonds. The van der Waals surface area contributed by atoms with Crippen LogP contribution in [0.15, 0.2) is 64.5 Å². The predicted octanol–water partition coefficient (Wildman–Crippen LogP) is 5.11. The highest BCUT2D eigenvalue weighted by atomic mass is 19.1. The number of halogens is 1. The molecule has 3 heterocycles. The number of allylic oxidation sites excluding steroid dienone is 2. The lowest BCUT2D eigenvalue weighted by molar-refractivity contribution is 0.0860. The Bertz CT molecular complexity index is 1050. The zero-order valence-electron chi connectivity index (χ0n) is 19.1. The highest BCUT2D eigenvalue weighted by molar-refractivity contribution is 5.99. The molecule has 1 aromatic carbocycles. The van der Waals surface area contributed by atoms with Crippen LogP contribution in [0.25, 0.3) is 0 Å². The molecule has 5 nitrogen and oxygen atoms in total. The fourth-order valence-electron chi connectivity index (χ4n) is 4.63. The van der Waals surface area contributed by atoms with Crippen molar-refractivity contribution in [1.29, 1.82) is 0 Å².